The van der Waals surface area contributed by atoms with Gasteiger partial charge in [-0.2, -0.15) is 0 Å². The van der Waals surface area contributed by atoms with Crippen molar-refractivity contribution in [2.75, 3.05) is 11.9 Å². The molecule has 0 unspecified atom stereocenters. The largest absolute Gasteiger partial charge is 0.352 e. The van der Waals surface area contributed by atoms with Gasteiger partial charge in [-0.3, -0.25) is 4.79 Å². The summed E-state index contributed by atoms with van der Waals surface area (Å²) in [4.78, 5) is 20.1. The molecule has 0 fully saturated rings. The summed E-state index contributed by atoms with van der Waals surface area (Å²) in [7, 11) is 0. The molecule has 6 heteroatoms. The molecule has 0 atom stereocenters. The van der Waals surface area contributed by atoms with Crippen LogP contribution in [-0.2, 0) is 6.42 Å². The monoisotopic (exact) mass is 302 g/mol. The second-order valence-electron chi connectivity index (χ2n) is 5.23. The van der Waals surface area contributed by atoms with Gasteiger partial charge in [0.25, 0.3) is 5.91 Å². The lowest BCUT2D eigenvalue weighted by molar-refractivity contribution is 0.0953. The highest BCUT2D eigenvalue weighted by molar-refractivity contribution is 5.93. The van der Waals surface area contributed by atoms with Crippen LogP contribution in [0.2, 0.25) is 0 Å². The second-order valence-corrected chi connectivity index (χ2v) is 5.23. The zero-order valence-electron chi connectivity index (χ0n) is 12.6. The number of halogens is 1. The molecule has 1 heterocycles. The quantitative estimate of drug-likeness (QED) is 0.860. The minimum absolute atomic E-state index is 0.224. The summed E-state index contributed by atoms with van der Waals surface area (Å²) in [6, 6.07) is 6.46. The Kier molecular flexibility index (Phi) is 5.41. The SMILES string of the molecule is CC(C)Nc1ncc(C(=O)NCCc2ccc(F)cc2)cn1. The molecule has 116 valence electrons. The Hall–Kier alpha value is -2.50. The predicted molar refractivity (Wildman–Crippen MR) is 83.2 cm³/mol. The minimum Gasteiger partial charge on any atom is -0.352 e. The number of rotatable bonds is 6. The number of aromatic nitrogens is 2. The molecule has 2 rings (SSSR count). The molecule has 0 radical (unpaired) electrons. The van der Waals surface area contributed by atoms with E-state index in [9.17, 15) is 9.18 Å². The van der Waals surface area contributed by atoms with Crippen LogP contribution in [0.5, 0.6) is 0 Å². The molecular formula is C16H19FN4O. The van der Waals surface area contributed by atoms with Gasteiger partial charge in [-0.05, 0) is 38.0 Å². The summed E-state index contributed by atoms with van der Waals surface area (Å²) in [6.45, 7) is 4.44. The van der Waals surface area contributed by atoms with Crippen molar-refractivity contribution in [1.82, 2.24) is 15.3 Å². The lowest BCUT2D eigenvalue weighted by atomic mass is 10.1. The Balaban J connectivity index is 1.83. The third kappa shape index (κ3) is 4.80. The number of amides is 1. The third-order valence-corrected chi connectivity index (χ3v) is 2.94. The molecule has 1 aromatic carbocycles. The van der Waals surface area contributed by atoms with Crippen molar-refractivity contribution in [2.24, 2.45) is 0 Å². The van der Waals surface area contributed by atoms with Crippen LogP contribution in [0.3, 0.4) is 0 Å². The Morgan fingerprint density at radius 3 is 2.41 bits per heavy atom. The molecule has 2 N–H and O–H groups in total. The van der Waals surface area contributed by atoms with E-state index in [0.29, 0.717) is 24.5 Å². The summed E-state index contributed by atoms with van der Waals surface area (Å²) in [5.41, 5.74) is 1.38. The average molecular weight is 302 g/mol. The number of hydrogen-bond donors (Lipinski definition) is 2. The first-order chi connectivity index (χ1) is 10.5. The van der Waals surface area contributed by atoms with Crippen molar-refractivity contribution in [2.45, 2.75) is 26.3 Å². The van der Waals surface area contributed by atoms with Gasteiger partial charge in [-0.15, -0.1) is 0 Å². The number of hydrogen-bond acceptors (Lipinski definition) is 4. The predicted octanol–water partition coefficient (Wildman–Crippen LogP) is 2.41. The van der Waals surface area contributed by atoms with Gasteiger partial charge in [0.05, 0.1) is 5.56 Å². The van der Waals surface area contributed by atoms with Gasteiger partial charge in [0.1, 0.15) is 5.82 Å². The number of nitrogens with one attached hydrogen (secondary N) is 2. The second kappa shape index (κ2) is 7.49. The summed E-state index contributed by atoms with van der Waals surface area (Å²) >= 11 is 0. The first kappa shape index (κ1) is 15.9. The van der Waals surface area contributed by atoms with Gasteiger partial charge < -0.3 is 10.6 Å². The lowest BCUT2D eigenvalue weighted by Crippen LogP contribution is -2.26. The van der Waals surface area contributed by atoms with E-state index in [-0.39, 0.29) is 17.8 Å². The van der Waals surface area contributed by atoms with Crippen molar-refractivity contribution in [3.8, 4) is 0 Å². The van der Waals surface area contributed by atoms with Gasteiger partial charge >= 0.3 is 0 Å². The van der Waals surface area contributed by atoms with Crippen molar-refractivity contribution < 1.29 is 9.18 Å². The molecule has 0 bridgehead atoms. The zero-order chi connectivity index (χ0) is 15.9. The number of benzene rings is 1. The van der Waals surface area contributed by atoms with Gasteiger partial charge in [-0.1, -0.05) is 12.1 Å². The smallest absolute Gasteiger partial charge is 0.254 e. The van der Waals surface area contributed by atoms with Crippen LogP contribution in [0, 0.1) is 5.82 Å². The Morgan fingerprint density at radius 1 is 1.18 bits per heavy atom. The number of nitrogens with zero attached hydrogens (tertiary/aromatic N) is 2. The number of anilines is 1. The van der Waals surface area contributed by atoms with Gasteiger partial charge in [0.2, 0.25) is 5.95 Å². The van der Waals surface area contributed by atoms with Crippen LogP contribution < -0.4 is 10.6 Å². The molecule has 0 aliphatic heterocycles. The molecule has 22 heavy (non-hydrogen) atoms. The summed E-state index contributed by atoms with van der Waals surface area (Å²) < 4.78 is 12.8. The summed E-state index contributed by atoms with van der Waals surface area (Å²) in [5.74, 6) is 0.0103. The van der Waals surface area contributed by atoms with E-state index in [4.69, 9.17) is 0 Å². The Morgan fingerprint density at radius 2 is 1.82 bits per heavy atom. The minimum atomic E-state index is -0.264. The van der Waals surface area contributed by atoms with E-state index < -0.39 is 0 Å². The number of carbonyl (C=O) groups excluding carboxylic acids is 1. The molecule has 2 aromatic rings. The van der Waals surface area contributed by atoms with Gasteiger partial charge in [0.15, 0.2) is 0 Å². The number of carbonyl (C=O) groups is 1. The highest BCUT2D eigenvalue weighted by atomic mass is 19.1. The fourth-order valence-electron chi connectivity index (χ4n) is 1.85. The maximum atomic E-state index is 12.8. The molecule has 5 nitrogen and oxygen atoms in total. The topological polar surface area (TPSA) is 66.9 Å². The molecular weight excluding hydrogens is 283 g/mol. The maximum Gasteiger partial charge on any atom is 0.254 e. The molecule has 0 saturated heterocycles. The molecule has 1 amide bonds. The Bertz CT molecular complexity index is 611. The highest BCUT2D eigenvalue weighted by Gasteiger charge is 2.07. The van der Waals surface area contributed by atoms with E-state index in [1.165, 1.54) is 24.5 Å². The molecule has 0 aliphatic carbocycles. The van der Waals surface area contributed by atoms with Crippen molar-refractivity contribution in [3.63, 3.8) is 0 Å². The van der Waals surface area contributed by atoms with E-state index in [1.807, 2.05) is 13.8 Å². The maximum absolute atomic E-state index is 12.8. The van der Waals surface area contributed by atoms with Crippen LogP contribution in [0.4, 0.5) is 10.3 Å². The molecule has 0 saturated carbocycles. The third-order valence-electron chi connectivity index (χ3n) is 2.94. The van der Waals surface area contributed by atoms with Crippen molar-refractivity contribution >= 4 is 11.9 Å². The standard InChI is InChI=1S/C16H19FN4O/c1-11(2)21-16-19-9-13(10-20-16)15(22)18-8-7-12-3-5-14(17)6-4-12/h3-6,9-11H,7-8H2,1-2H3,(H,18,22)(H,19,20,21). The van der Waals surface area contributed by atoms with E-state index in [1.54, 1.807) is 12.1 Å². The van der Waals surface area contributed by atoms with Crippen LogP contribution in [0.15, 0.2) is 36.7 Å². The van der Waals surface area contributed by atoms with E-state index in [2.05, 4.69) is 20.6 Å². The first-order valence-electron chi connectivity index (χ1n) is 7.16. The summed E-state index contributed by atoms with van der Waals surface area (Å²) in [5, 5.41) is 5.84. The van der Waals surface area contributed by atoms with Crippen LogP contribution in [0.25, 0.3) is 0 Å². The molecule has 1 aromatic heterocycles. The fraction of sp³-hybridized carbons (Fsp3) is 0.312. The normalized spacial score (nSPS) is 10.5. The van der Waals surface area contributed by atoms with Crippen LogP contribution >= 0.6 is 0 Å². The van der Waals surface area contributed by atoms with Crippen LogP contribution in [0.1, 0.15) is 29.8 Å². The fourth-order valence-corrected chi connectivity index (χ4v) is 1.85. The first-order valence-corrected chi connectivity index (χ1v) is 7.16. The zero-order valence-corrected chi connectivity index (χ0v) is 12.6. The average Bonchev–Trinajstić information content (AvgIpc) is 2.49. The lowest BCUT2D eigenvalue weighted by Gasteiger charge is -2.08. The van der Waals surface area contributed by atoms with Crippen LogP contribution in [-0.4, -0.2) is 28.5 Å². The Labute approximate surface area is 129 Å². The van der Waals surface area contributed by atoms with Crippen molar-refractivity contribution in [3.05, 3.63) is 53.6 Å². The van der Waals surface area contributed by atoms with Crippen molar-refractivity contribution in [1.29, 1.82) is 0 Å². The van der Waals surface area contributed by atoms with E-state index in [0.717, 1.165) is 5.56 Å². The molecule has 0 aliphatic rings. The van der Waals surface area contributed by atoms with Gasteiger partial charge in [0, 0.05) is 25.0 Å². The molecule has 0 spiro atoms. The highest BCUT2D eigenvalue weighted by Crippen LogP contribution is 2.04. The summed E-state index contributed by atoms with van der Waals surface area (Å²) in [6.07, 6.45) is 3.62. The van der Waals surface area contributed by atoms with E-state index >= 15 is 0 Å². The van der Waals surface area contributed by atoms with Gasteiger partial charge in [-0.25, -0.2) is 14.4 Å².